The predicted octanol–water partition coefficient (Wildman–Crippen LogP) is 3.50. The fourth-order valence-corrected chi connectivity index (χ4v) is 2.57. The number of nitrogens with one attached hydrogen (secondary N) is 1. The minimum Gasteiger partial charge on any atom is -0.497 e. The third-order valence-corrected chi connectivity index (χ3v) is 3.54. The molecular formula is C16H14N2O2S. The summed E-state index contributed by atoms with van der Waals surface area (Å²) >= 11 is 5.22. The zero-order valence-corrected chi connectivity index (χ0v) is 12.3. The van der Waals surface area contributed by atoms with Gasteiger partial charge in [-0.25, -0.2) is 0 Å². The molecule has 2 aromatic rings. The summed E-state index contributed by atoms with van der Waals surface area (Å²) in [6.07, 6.45) is 0.182. The first kappa shape index (κ1) is 13.6. The number of amides is 1. The molecule has 0 saturated carbocycles. The van der Waals surface area contributed by atoms with Crippen LogP contribution in [0.4, 0.5) is 17.1 Å². The van der Waals surface area contributed by atoms with Crippen LogP contribution < -0.4 is 15.0 Å². The molecule has 0 unspecified atom stereocenters. The Bertz CT molecular complexity index is 701. The van der Waals surface area contributed by atoms with Gasteiger partial charge in [-0.1, -0.05) is 30.4 Å². The molecular weight excluding hydrogens is 284 g/mol. The molecule has 0 aromatic heterocycles. The van der Waals surface area contributed by atoms with Gasteiger partial charge in [0.1, 0.15) is 5.75 Å². The lowest BCUT2D eigenvalue weighted by atomic mass is 10.2. The summed E-state index contributed by atoms with van der Waals surface area (Å²) in [5.41, 5.74) is 2.35. The minimum atomic E-state index is -0.0642. The van der Waals surface area contributed by atoms with Gasteiger partial charge < -0.3 is 10.1 Å². The molecule has 21 heavy (non-hydrogen) atoms. The monoisotopic (exact) mass is 298 g/mol. The molecule has 1 aliphatic heterocycles. The largest absolute Gasteiger partial charge is 0.497 e. The fraction of sp³-hybridized carbons (Fsp3) is 0.125. The third-order valence-electron chi connectivity index (χ3n) is 3.30. The van der Waals surface area contributed by atoms with Crippen molar-refractivity contribution in [3.05, 3.63) is 48.5 Å². The van der Waals surface area contributed by atoms with E-state index in [9.17, 15) is 4.79 Å². The number of hydrogen-bond acceptors (Lipinski definition) is 3. The first-order valence-electron chi connectivity index (χ1n) is 6.55. The number of rotatable bonds is 2. The Morgan fingerprint density at radius 1 is 1.19 bits per heavy atom. The van der Waals surface area contributed by atoms with Crippen LogP contribution in [0.2, 0.25) is 0 Å². The lowest BCUT2D eigenvalue weighted by Gasteiger charge is -2.23. The summed E-state index contributed by atoms with van der Waals surface area (Å²) < 4.78 is 5.27. The van der Waals surface area contributed by atoms with Gasteiger partial charge >= 0.3 is 0 Å². The van der Waals surface area contributed by atoms with E-state index in [2.05, 4.69) is 5.32 Å². The molecule has 5 heteroatoms. The Kier molecular flexibility index (Phi) is 3.58. The number of benzene rings is 2. The van der Waals surface area contributed by atoms with Crippen molar-refractivity contribution in [1.29, 1.82) is 0 Å². The molecule has 1 heterocycles. The number of para-hydroxylation sites is 1. The van der Waals surface area contributed by atoms with Gasteiger partial charge in [-0.3, -0.25) is 9.69 Å². The van der Waals surface area contributed by atoms with E-state index in [1.54, 1.807) is 12.0 Å². The first-order chi connectivity index (χ1) is 10.2. The van der Waals surface area contributed by atoms with Gasteiger partial charge in [0.05, 0.1) is 29.9 Å². The molecule has 1 N–H and O–H groups in total. The highest BCUT2D eigenvalue weighted by Gasteiger charge is 2.26. The predicted molar refractivity (Wildman–Crippen MR) is 87.4 cm³/mol. The molecule has 0 atom stereocenters. The number of hydrogen-bond donors (Lipinski definition) is 1. The molecule has 1 aliphatic rings. The molecule has 0 radical (unpaired) electrons. The second-order valence-electron chi connectivity index (χ2n) is 4.67. The van der Waals surface area contributed by atoms with Crippen LogP contribution in [0.3, 0.4) is 0 Å². The van der Waals surface area contributed by atoms with Crippen LogP contribution in [0.5, 0.6) is 5.75 Å². The van der Waals surface area contributed by atoms with Crippen molar-refractivity contribution < 1.29 is 9.53 Å². The Labute approximate surface area is 128 Å². The number of fused-ring (bicyclic) bond motifs is 1. The van der Waals surface area contributed by atoms with Crippen LogP contribution in [0.1, 0.15) is 6.42 Å². The minimum absolute atomic E-state index is 0.0642. The molecule has 0 bridgehead atoms. The first-order valence-corrected chi connectivity index (χ1v) is 6.96. The topological polar surface area (TPSA) is 41.6 Å². The zero-order valence-electron chi connectivity index (χ0n) is 11.5. The summed E-state index contributed by atoms with van der Waals surface area (Å²) in [4.78, 5) is 14.7. The second kappa shape index (κ2) is 5.54. The summed E-state index contributed by atoms with van der Waals surface area (Å²) in [6.45, 7) is 0. The van der Waals surface area contributed by atoms with E-state index in [-0.39, 0.29) is 12.3 Å². The van der Waals surface area contributed by atoms with E-state index >= 15 is 0 Å². The maximum absolute atomic E-state index is 12.5. The van der Waals surface area contributed by atoms with Gasteiger partial charge in [0.2, 0.25) is 5.91 Å². The van der Waals surface area contributed by atoms with Gasteiger partial charge in [-0.2, -0.15) is 0 Å². The number of thiocarbonyl (C=S) groups is 1. The van der Waals surface area contributed by atoms with Crippen LogP contribution >= 0.6 is 12.2 Å². The van der Waals surface area contributed by atoms with Gasteiger partial charge in [-0.05, 0) is 24.3 Å². The van der Waals surface area contributed by atoms with Crippen LogP contribution in [0.25, 0.3) is 0 Å². The van der Waals surface area contributed by atoms with Crippen LogP contribution in [-0.2, 0) is 4.79 Å². The molecule has 0 fully saturated rings. The summed E-state index contributed by atoms with van der Waals surface area (Å²) in [6, 6.07) is 15.1. The van der Waals surface area contributed by atoms with Crippen LogP contribution in [0.15, 0.2) is 48.5 Å². The van der Waals surface area contributed by atoms with Crippen molar-refractivity contribution >= 4 is 40.2 Å². The quantitative estimate of drug-likeness (QED) is 0.862. The maximum atomic E-state index is 12.5. The number of carbonyl (C=O) groups is 1. The Morgan fingerprint density at radius 3 is 2.67 bits per heavy atom. The number of carbonyl (C=O) groups excluding carboxylic acids is 1. The average molecular weight is 298 g/mol. The highest BCUT2D eigenvalue weighted by molar-refractivity contribution is 7.80. The SMILES string of the molecule is COc1ccc2c(c1)N(c1ccccc1)C(=O)CC(=S)N2. The summed E-state index contributed by atoms with van der Waals surface area (Å²) in [5, 5.41) is 3.12. The van der Waals surface area contributed by atoms with E-state index in [0.717, 1.165) is 17.1 Å². The van der Waals surface area contributed by atoms with Gasteiger partial charge in [-0.15, -0.1) is 0 Å². The average Bonchev–Trinajstić information content (AvgIpc) is 2.61. The molecule has 1 amide bonds. The molecule has 106 valence electrons. The second-order valence-corrected chi connectivity index (χ2v) is 5.17. The highest BCUT2D eigenvalue weighted by atomic mass is 32.1. The summed E-state index contributed by atoms with van der Waals surface area (Å²) in [5.74, 6) is 0.628. The highest BCUT2D eigenvalue weighted by Crippen LogP contribution is 2.37. The van der Waals surface area contributed by atoms with Crippen molar-refractivity contribution in [2.45, 2.75) is 6.42 Å². The zero-order chi connectivity index (χ0) is 14.8. The van der Waals surface area contributed by atoms with Crippen molar-refractivity contribution in [1.82, 2.24) is 0 Å². The van der Waals surface area contributed by atoms with E-state index in [1.807, 2.05) is 48.5 Å². The maximum Gasteiger partial charge on any atom is 0.238 e. The van der Waals surface area contributed by atoms with E-state index in [0.29, 0.717) is 10.7 Å². The number of ether oxygens (including phenoxy) is 1. The van der Waals surface area contributed by atoms with Crippen molar-refractivity contribution in [2.75, 3.05) is 17.3 Å². The Hall–Kier alpha value is -2.40. The lowest BCUT2D eigenvalue weighted by molar-refractivity contribution is -0.116. The van der Waals surface area contributed by atoms with Crippen LogP contribution in [-0.4, -0.2) is 18.0 Å². The Balaban J connectivity index is 2.18. The summed E-state index contributed by atoms with van der Waals surface area (Å²) in [7, 11) is 1.60. The van der Waals surface area contributed by atoms with Crippen molar-refractivity contribution in [2.24, 2.45) is 0 Å². The molecule has 0 aliphatic carbocycles. The fourth-order valence-electron chi connectivity index (χ4n) is 2.33. The Morgan fingerprint density at radius 2 is 1.95 bits per heavy atom. The van der Waals surface area contributed by atoms with Gasteiger partial charge in [0, 0.05) is 11.8 Å². The van der Waals surface area contributed by atoms with Gasteiger partial charge in [0.15, 0.2) is 0 Å². The van der Waals surface area contributed by atoms with Gasteiger partial charge in [0.25, 0.3) is 0 Å². The van der Waals surface area contributed by atoms with E-state index in [4.69, 9.17) is 17.0 Å². The normalized spacial score (nSPS) is 14.2. The number of methoxy groups -OCH3 is 1. The number of nitrogens with zero attached hydrogens (tertiary/aromatic N) is 1. The molecule has 0 spiro atoms. The molecule has 4 nitrogen and oxygen atoms in total. The van der Waals surface area contributed by atoms with E-state index in [1.165, 1.54) is 0 Å². The molecule has 3 rings (SSSR count). The standard InChI is InChI=1S/C16H14N2O2S/c1-20-12-7-8-13-14(9-12)18(11-5-3-2-4-6-11)16(19)10-15(21)17-13/h2-9H,10H2,1H3,(H,17,21). The van der Waals surface area contributed by atoms with E-state index < -0.39 is 0 Å². The number of anilines is 3. The molecule has 0 saturated heterocycles. The third kappa shape index (κ3) is 2.60. The van der Waals surface area contributed by atoms with Crippen molar-refractivity contribution in [3.8, 4) is 5.75 Å². The molecule has 2 aromatic carbocycles. The lowest BCUT2D eigenvalue weighted by Crippen LogP contribution is -2.25. The smallest absolute Gasteiger partial charge is 0.238 e. The van der Waals surface area contributed by atoms with Crippen LogP contribution in [0, 0.1) is 0 Å². The van der Waals surface area contributed by atoms with Crippen molar-refractivity contribution in [3.63, 3.8) is 0 Å².